The van der Waals surface area contributed by atoms with Crippen LogP contribution in [0.1, 0.15) is 26.0 Å². The Bertz CT molecular complexity index is 442. The van der Waals surface area contributed by atoms with Crippen molar-refractivity contribution in [3.63, 3.8) is 0 Å². The van der Waals surface area contributed by atoms with Crippen LogP contribution in [0.2, 0.25) is 0 Å². The van der Waals surface area contributed by atoms with Gasteiger partial charge in [-0.3, -0.25) is 10.1 Å². The minimum Gasteiger partial charge on any atom is -0.468 e. The molecule has 0 fully saturated rings. The van der Waals surface area contributed by atoms with Crippen molar-refractivity contribution >= 4 is 11.9 Å². The minimum atomic E-state index is -0.289. The van der Waals surface area contributed by atoms with E-state index in [0.717, 1.165) is 18.1 Å². The average molecular weight is 282 g/mol. The molecular weight excluding hydrogens is 256 g/mol. The fraction of sp³-hybridized carbons (Fsp3) is 0.714. The van der Waals surface area contributed by atoms with Gasteiger partial charge in [-0.1, -0.05) is 20.3 Å². The standard InChI is InChI=1S/C14H26N4O2/c1-7-10(2)12(13(19)20-6)15-8-11-9-16-14(17(3)4)18(11)5/h9-10,12,15H,7-8H2,1-6H3. The number of anilines is 1. The first kappa shape index (κ1) is 16.5. The monoisotopic (exact) mass is 282 g/mol. The summed E-state index contributed by atoms with van der Waals surface area (Å²) in [7, 11) is 7.30. The Morgan fingerprint density at radius 3 is 2.65 bits per heavy atom. The molecule has 6 heteroatoms. The van der Waals surface area contributed by atoms with Gasteiger partial charge in [0.2, 0.25) is 5.95 Å². The molecule has 0 amide bonds. The van der Waals surface area contributed by atoms with E-state index in [0.29, 0.717) is 6.54 Å². The zero-order chi connectivity index (χ0) is 15.3. The number of nitrogens with one attached hydrogen (secondary N) is 1. The summed E-state index contributed by atoms with van der Waals surface area (Å²) in [5.74, 6) is 0.901. The molecule has 0 aliphatic carbocycles. The second-order valence-corrected chi connectivity index (χ2v) is 5.27. The van der Waals surface area contributed by atoms with E-state index in [4.69, 9.17) is 4.74 Å². The molecule has 0 aromatic carbocycles. The maximum atomic E-state index is 11.8. The molecule has 0 radical (unpaired) electrons. The van der Waals surface area contributed by atoms with Crippen LogP contribution in [0.15, 0.2) is 6.20 Å². The van der Waals surface area contributed by atoms with Gasteiger partial charge in [0.05, 0.1) is 19.0 Å². The number of nitrogens with zero attached hydrogens (tertiary/aromatic N) is 3. The predicted molar refractivity (Wildman–Crippen MR) is 79.6 cm³/mol. The zero-order valence-corrected chi connectivity index (χ0v) is 13.3. The Labute approximate surface area is 121 Å². The molecule has 114 valence electrons. The molecule has 1 heterocycles. The highest BCUT2D eigenvalue weighted by molar-refractivity contribution is 5.75. The van der Waals surface area contributed by atoms with Crippen LogP contribution in [-0.2, 0) is 23.1 Å². The molecule has 1 rings (SSSR count). The molecule has 0 saturated carbocycles. The van der Waals surface area contributed by atoms with Crippen LogP contribution in [0.3, 0.4) is 0 Å². The highest BCUT2D eigenvalue weighted by atomic mass is 16.5. The maximum Gasteiger partial charge on any atom is 0.323 e. The van der Waals surface area contributed by atoms with Gasteiger partial charge in [0.1, 0.15) is 6.04 Å². The minimum absolute atomic E-state index is 0.214. The molecule has 20 heavy (non-hydrogen) atoms. The molecule has 0 bridgehead atoms. The number of ether oxygens (including phenoxy) is 1. The summed E-state index contributed by atoms with van der Waals surface area (Å²) in [6.07, 6.45) is 2.74. The van der Waals surface area contributed by atoms with Crippen LogP contribution in [0, 0.1) is 5.92 Å². The molecule has 0 aliphatic rings. The zero-order valence-electron chi connectivity index (χ0n) is 13.3. The largest absolute Gasteiger partial charge is 0.468 e. The highest BCUT2D eigenvalue weighted by Gasteiger charge is 2.24. The quantitative estimate of drug-likeness (QED) is 0.761. The summed E-state index contributed by atoms with van der Waals surface area (Å²) in [5, 5.41) is 3.28. The molecule has 1 N–H and O–H groups in total. The Morgan fingerprint density at radius 1 is 1.55 bits per heavy atom. The number of aromatic nitrogens is 2. The van der Waals surface area contributed by atoms with Gasteiger partial charge in [-0.2, -0.15) is 0 Å². The summed E-state index contributed by atoms with van der Waals surface area (Å²) in [6, 6.07) is -0.289. The number of hydrogen-bond donors (Lipinski definition) is 1. The lowest BCUT2D eigenvalue weighted by Crippen LogP contribution is -2.42. The van der Waals surface area contributed by atoms with Gasteiger partial charge < -0.3 is 14.2 Å². The second-order valence-electron chi connectivity index (χ2n) is 5.27. The van der Waals surface area contributed by atoms with Crippen molar-refractivity contribution < 1.29 is 9.53 Å². The van der Waals surface area contributed by atoms with Crippen LogP contribution in [0.4, 0.5) is 5.95 Å². The van der Waals surface area contributed by atoms with Gasteiger partial charge in [-0.15, -0.1) is 0 Å². The van der Waals surface area contributed by atoms with E-state index in [2.05, 4.69) is 17.2 Å². The fourth-order valence-corrected chi connectivity index (χ4v) is 2.11. The highest BCUT2D eigenvalue weighted by Crippen LogP contribution is 2.13. The van der Waals surface area contributed by atoms with Crippen molar-refractivity contribution in [2.45, 2.75) is 32.9 Å². The predicted octanol–water partition coefficient (Wildman–Crippen LogP) is 1.16. The molecule has 0 aliphatic heterocycles. The SMILES string of the molecule is CCC(C)C(NCc1cnc(N(C)C)n1C)C(=O)OC. The molecule has 0 spiro atoms. The third-order valence-electron chi connectivity index (χ3n) is 3.63. The lowest BCUT2D eigenvalue weighted by Gasteiger charge is -2.22. The molecular formula is C14H26N4O2. The van der Waals surface area contributed by atoms with Crippen LogP contribution in [0.25, 0.3) is 0 Å². The maximum absolute atomic E-state index is 11.8. The van der Waals surface area contributed by atoms with E-state index in [1.807, 2.05) is 43.7 Å². The van der Waals surface area contributed by atoms with Crippen molar-refractivity contribution in [2.24, 2.45) is 13.0 Å². The van der Waals surface area contributed by atoms with Crippen LogP contribution < -0.4 is 10.2 Å². The fourth-order valence-electron chi connectivity index (χ4n) is 2.11. The first-order valence-electron chi connectivity index (χ1n) is 6.91. The van der Waals surface area contributed by atoms with Gasteiger partial charge in [-0.05, 0) is 5.92 Å². The average Bonchev–Trinajstić information content (AvgIpc) is 2.79. The van der Waals surface area contributed by atoms with Crippen LogP contribution >= 0.6 is 0 Å². The summed E-state index contributed by atoms with van der Waals surface area (Å²) < 4.78 is 6.88. The molecule has 6 nitrogen and oxygen atoms in total. The Morgan fingerprint density at radius 2 is 2.20 bits per heavy atom. The van der Waals surface area contributed by atoms with Gasteiger partial charge in [0.15, 0.2) is 0 Å². The smallest absolute Gasteiger partial charge is 0.323 e. The summed E-state index contributed by atoms with van der Waals surface area (Å²) in [6.45, 7) is 4.70. The Hall–Kier alpha value is -1.56. The molecule has 0 saturated heterocycles. The van der Waals surface area contributed by atoms with Crippen LogP contribution in [-0.4, -0.2) is 42.8 Å². The van der Waals surface area contributed by atoms with Crippen molar-refractivity contribution in [1.29, 1.82) is 0 Å². The lowest BCUT2D eigenvalue weighted by atomic mass is 9.99. The van der Waals surface area contributed by atoms with E-state index in [9.17, 15) is 4.79 Å². The molecule has 1 aromatic heterocycles. The Balaban J connectivity index is 2.75. The third-order valence-corrected chi connectivity index (χ3v) is 3.63. The lowest BCUT2D eigenvalue weighted by molar-refractivity contribution is -0.144. The van der Waals surface area contributed by atoms with Gasteiger partial charge in [-0.25, -0.2) is 4.98 Å². The normalized spacial score (nSPS) is 13.9. The first-order valence-corrected chi connectivity index (χ1v) is 6.91. The Kier molecular flexibility index (Phi) is 6.01. The van der Waals surface area contributed by atoms with Crippen molar-refractivity contribution in [2.75, 3.05) is 26.1 Å². The third kappa shape index (κ3) is 3.72. The van der Waals surface area contributed by atoms with Gasteiger partial charge in [0, 0.05) is 27.7 Å². The van der Waals surface area contributed by atoms with Crippen LogP contribution in [0.5, 0.6) is 0 Å². The number of carbonyl (C=O) groups is 1. The summed E-state index contributed by atoms with van der Waals surface area (Å²) in [5.41, 5.74) is 1.03. The summed E-state index contributed by atoms with van der Waals surface area (Å²) in [4.78, 5) is 18.1. The molecule has 1 aromatic rings. The van der Waals surface area contributed by atoms with Crippen molar-refractivity contribution in [1.82, 2.24) is 14.9 Å². The number of esters is 1. The number of carbonyl (C=O) groups excluding carboxylic acids is 1. The van der Waals surface area contributed by atoms with E-state index >= 15 is 0 Å². The molecule has 2 atom stereocenters. The van der Waals surface area contributed by atoms with E-state index < -0.39 is 0 Å². The topological polar surface area (TPSA) is 59.4 Å². The second kappa shape index (κ2) is 7.28. The van der Waals surface area contributed by atoms with E-state index in [-0.39, 0.29) is 17.9 Å². The number of imidazole rings is 1. The summed E-state index contributed by atoms with van der Waals surface area (Å²) >= 11 is 0. The van der Waals surface area contributed by atoms with Crippen molar-refractivity contribution in [3.8, 4) is 0 Å². The first-order chi connectivity index (χ1) is 9.42. The van der Waals surface area contributed by atoms with E-state index in [1.54, 1.807) is 0 Å². The number of hydrogen-bond acceptors (Lipinski definition) is 5. The van der Waals surface area contributed by atoms with Crippen molar-refractivity contribution in [3.05, 3.63) is 11.9 Å². The van der Waals surface area contributed by atoms with Gasteiger partial charge >= 0.3 is 5.97 Å². The molecule has 2 unspecified atom stereocenters. The van der Waals surface area contributed by atoms with Gasteiger partial charge in [0.25, 0.3) is 0 Å². The van der Waals surface area contributed by atoms with E-state index in [1.165, 1.54) is 7.11 Å². The number of methoxy groups -OCH3 is 1. The number of rotatable bonds is 7.